The van der Waals surface area contributed by atoms with Crippen molar-refractivity contribution in [2.45, 2.75) is 64.3 Å². The van der Waals surface area contributed by atoms with Crippen molar-refractivity contribution in [1.29, 1.82) is 0 Å². The highest BCUT2D eigenvalue weighted by atomic mass is 16.5. The van der Waals surface area contributed by atoms with E-state index in [1.807, 2.05) is 0 Å². The van der Waals surface area contributed by atoms with Gasteiger partial charge in [0.15, 0.2) is 5.82 Å². The highest BCUT2D eigenvalue weighted by Crippen LogP contribution is 2.35. The van der Waals surface area contributed by atoms with Crippen LogP contribution in [0.4, 0.5) is 0 Å². The summed E-state index contributed by atoms with van der Waals surface area (Å²) in [6, 6.07) is 0.271. The molecule has 4 nitrogen and oxygen atoms in total. The van der Waals surface area contributed by atoms with Gasteiger partial charge in [0, 0.05) is 5.92 Å². The third-order valence-electron chi connectivity index (χ3n) is 4.80. The maximum Gasteiger partial charge on any atom is 0.243 e. The summed E-state index contributed by atoms with van der Waals surface area (Å²) in [6.45, 7) is 5.70. The predicted molar refractivity (Wildman–Crippen MR) is 73.8 cm³/mol. The average Bonchev–Trinajstić information content (AvgIpc) is 2.89. The molecule has 19 heavy (non-hydrogen) atoms. The number of nitrogens with zero attached hydrogens (tertiary/aromatic N) is 2. The summed E-state index contributed by atoms with van der Waals surface area (Å²) >= 11 is 0. The van der Waals surface area contributed by atoms with Crippen molar-refractivity contribution in [3.63, 3.8) is 0 Å². The topological polar surface area (TPSA) is 51.0 Å². The summed E-state index contributed by atoms with van der Waals surface area (Å²) in [5.74, 6) is 3.89. The summed E-state index contributed by atoms with van der Waals surface area (Å²) in [5, 5.41) is 7.73. The molecule has 0 spiro atoms. The molecule has 3 rings (SSSR count). The smallest absolute Gasteiger partial charge is 0.243 e. The molecule has 1 N–H and O–H groups in total. The molecule has 0 aromatic carbocycles. The van der Waals surface area contributed by atoms with Gasteiger partial charge in [-0.15, -0.1) is 0 Å². The Hall–Kier alpha value is -0.900. The normalized spacial score (nSPS) is 36.3. The number of hydrogen-bond donors (Lipinski definition) is 1. The number of hydrogen-bond acceptors (Lipinski definition) is 4. The van der Waals surface area contributed by atoms with Gasteiger partial charge in [0.1, 0.15) is 0 Å². The highest BCUT2D eigenvalue weighted by molar-refractivity contribution is 5.01. The maximum absolute atomic E-state index is 5.51. The zero-order chi connectivity index (χ0) is 13.2. The number of rotatable bonds is 2. The van der Waals surface area contributed by atoms with Gasteiger partial charge in [-0.2, -0.15) is 4.98 Å². The summed E-state index contributed by atoms with van der Waals surface area (Å²) in [7, 11) is 0. The largest absolute Gasteiger partial charge is 0.338 e. The van der Waals surface area contributed by atoms with Crippen LogP contribution in [0.2, 0.25) is 0 Å². The Morgan fingerprint density at radius 1 is 1.05 bits per heavy atom. The van der Waals surface area contributed by atoms with E-state index in [0.717, 1.165) is 36.5 Å². The molecule has 2 fully saturated rings. The first-order chi connectivity index (χ1) is 9.22. The van der Waals surface area contributed by atoms with E-state index in [4.69, 9.17) is 4.52 Å². The van der Waals surface area contributed by atoms with Gasteiger partial charge in [-0.3, -0.25) is 0 Å². The molecule has 2 heterocycles. The SMILES string of the molecule is CC1CCC(c2noc(C3CC(C)CCN3)n2)CC1. The minimum Gasteiger partial charge on any atom is -0.338 e. The van der Waals surface area contributed by atoms with E-state index >= 15 is 0 Å². The van der Waals surface area contributed by atoms with Gasteiger partial charge in [-0.05, 0) is 44.1 Å². The summed E-state index contributed by atoms with van der Waals surface area (Å²) < 4.78 is 5.51. The van der Waals surface area contributed by atoms with Crippen LogP contribution in [0.5, 0.6) is 0 Å². The van der Waals surface area contributed by atoms with E-state index in [1.54, 1.807) is 0 Å². The van der Waals surface area contributed by atoms with Gasteiger partial charge in [-0.25, -0.2) is 0 Å². The Labute approximate surface area is 115 Å². The second-order valence-electron chi connectivity index (χ2n) is 6.58. The molecule has 0 radical (unpaired) electrons. The molecule has 2 aliphatic rings. The summed E-state index contributed by atoms with van der Waals surface area (Å²) in [6.07, 6.45) is 7.39. The standard InChI is InChI=1S/C15H25N3O/c1-10-3-5-12(6-4-10)14-17-15(19-18-14)13-9-11(2)7-8-16-13/h10-13,16H,3-9H2,1-2H3. The van der Waals surface area contributed by atoms with Gasteiger partial charge >= 0.3 is 0 Å². The molecule has 0 amide bonds. The van der Waals surface area contributed by atoms with Crippen molar-refractivity contribution >= 4 is 0 Å². The molecular formula is C15H25N3O. The predicted octanol–water partition coefficient (Wildman–Crippen LogP) is 3.42. The summed E-state index contributed by atoms with van der Waals surface area (Å²) in [5.41, 5.74) is 0. The molecule has 2 unspecified atom stereocenters. The van der Waals surface area contributed by atoms with Crippen molar-refractivity contribution in [1.82, 2.24) is 15.5 Å². The molecule has 4 heteroatoms. The van der Waals surface area contributed by atoms with E-state index in [-0.39, 0.29) is 6.04 Å². The Morgan fingerprint density at radius 2 is 1.84 bits per heavy atom. The number of aromatic nitrogens is 2. The quantitative estimate of drug-likeness (QED) is 0.888. The van der Waals surface area contributed by atoms with E-state index in [9.17, 15) is 0 Å². The molecule has 106 valence electrons. The lowest BCUT2D eigenvalue weighted by Crippen LogP contribution is -2.31. The van der Waals surface area contributed by atoms with Crippen molar-refractivity contribution in [3.05, 3.63) is 11.7 Å². The first-order valence-corrected chi connectivity index (χ1v) is 7.79. The van der Waals surface area contributed by atoms with Crippen LogP contribution in [0.1, 0.15) is 76.0 Å². The number of nitrogens with one attached hydrogen (secondary N) is 1. The molecule has 1 aromatic rings. The van der Waals surface area contributed by atoms with Gasteiger partial charge in [0.05, 0.1) is 6.04 Å². The Balaban J connectivity index is 1.65. The van der Waals surface area contributed by atoms with Gasteiger partial charge in [0.25, 0.3) is 0 Å². The lowest BCUT2D eigenvalue weighted by Gasteiger charge is -2.25. The van der Waals surface area contributed by atoms with Crippen LogP contribution in [-0.4, -0.2) is 16.7 Å². The molecule has 1 saturated heterocycles. The van der Waals surface area contributed by atoms with Crippen molar-refractivity contribution < 1.29 is 4.52 Å². The third kappa shape index (κ3) is 2.99. The third-order valence-corrected chi connectivity index (χ3v) is 4.80. The minimum atomic E-state index is 0.271. The minimum absolute atomic E-state index is 0.271. The maximum atomic E-state index is 5.51. The molecule has 0 bridgehead atoms. The van der Waals surface area contributed by atoms with Crippen molar-refractivity contribution in [3.8, 4) is 0 Å². The first kappa shape index (κ1) is 13.1. The summed E-state index contributed by atoms with van der Waals surface area (Å²) in [4.78, 5) is 4.68. The fraction of sp³-hybridized carbons (Fsp3) is 0.867. The molecule has 1 aliphatic carbocycles. The monoisotopic (exact) mass is 263 g/mol. The van der Waals surface area contributed by atoms with Crippen LogP contribution in [0.25, 0.3) is 0 Å². The van der Waals surface area contributed by atoms with Crippen molar-refractivity contribution in [2.24, 2.45) is 11.8 Å². The lowest BCUT2D eigenvalue weighted by atomic mass is 9.83. The molecule has 2 atom stereocenters. The van der Waals surface area contributed by atoms with E-state index in [0.29, 0.717) is 5.92 Å². The Kier molecular flexibility index (Phi) is 3.87. The molecular weight excluding hydrogens is 238 g/mol. The average molecular weight is 263 g/mol. The van der Waals surface area contributed by atoms with Crippen LogP contribution < -0.4 is 5.32 Å². The fourth-order valence-electron chi connectivity index (χ4n) is 3.37. The molecule has 1 aromatic heterocycles. The molecule has 1 saturated carbocycles. The van der Waals surface area contributed by atoms with Crippen molar-refractivity contribution in [2.75, 3.05) is 6.54 Å². The van der Waals surface area contributed by atoms with Crippen LogP contribution in [0.3, 0.4) is 0 Å². The van der Waals surface area contributed by atoms with Crippen LogP contribution in [-0.2, 0) is 0 Å². The van der Waals surface area contributed by atoms with E-state index in [1.165, 1.54) is 32.1 Å². The Morgan fingerprint density at radius 3 is 2.58 bits per heavy atom. The van der Waals surface area contributed by atoms with Crippen LogP contribution in [0.15, 0.2) is 4.52 Å². The highest BCUT2D eigenvalue weighted by Gasteiger charge is 2.28. The second kappa shape index (κ2) is 5.61. The fourth-order valence-corrected chi connectivity index (χ4v) is 3.37. The van der Waals surface area contributed by atoms with E-state index in [2.05, 4.69) is 29.3 Å². The van der Waals surface area contributed by atoms with Gasteiger partial charge < -0.3 is 9.84 Å². The number of piperidine rings is 1. The van der Waals surface area contributed by atoms with Crippen LogP contribution in [0, 0.1) is 11.8 Å². The first-order valence-electron chi connectivity index (χ1n) is 7.79. The van der Waals surface area contributed by atoms with Gasteiger partial charge in [0.2, 0.25) is 5.89 Å². The zero-order valence-corrected chi connectivity index (χ0v) is 12.1. The Bertz CT molecular complexity index is 409. The van der Waals surface area contributed by atoms with Crippen LogP contribution >= 0.6 is 0 Å². The van der Waals surface area contributed by atoms with E-state index < -0.39 is 0 Å². The second-order valence-corrected chi connectivity index (χ2v) is 6.58. The lowest BCUT2D eigenvalue weighted by molar-refractivity contribution is 0.258. The zero-order valence-electron chi connectivity index (χ0n) is 12.1. The van der Waals surface area contributed by atoms with Gasteiger partial charge in [-0.1, -0.05) is 31.8 Å². The molecule has 1 aliphatic heterocycles.